The molecule has 0 aliphatic rings. The van der Waals surface area contributed by atoms with E-state index >= 15 is 0 Å². The number of amides is 2. The predicted octanol–water partition coefficient (Wildman–Crippen LogP) is 1.13. The summed E-state index contributed by atoms with van der Waals surface area (Å²) in [7, 11) is 0. The number of hydrogen-bond donors (Lipinski definition) is 2. The number of rotatable bonds is 8. The third-order valence-electron chi connectivity index (χ3n) is 2.03. The molecule has 1 atom stereocenters. The summed E-state index contributed by atoms with van der Waals surface area (Å²) >= 11 is 1.45. The molecule has 19 heavy (non-hydrogen) atoms. The van der Waals surface area contributed by atoms with Crippen LogP contribution in [-0.4, -0.2) is 43.2 Å². The van der Waals surface area contributed by atoms with Gasteiger partial charge in [0.2, 0.25) is 5.91 Å². The molecule has 0 saturated carbocycles. The van der Waals surface area contributed by atoms with Gasteiger partial charge in [0.05, 0.1) is 19.1 Å². The minimum atomic E-state index is -0.645. The third-order valence-corrected chi connectivity index (χ3v) is 2.69. The zero-order valence-corrected chi connectivity index (χ0v) is 12.4. The summed E-state index contributed by atoms with van der Waals surface area (Å²) in [6, 6.07) is 1.29. The van der Waals surface area contributed by atoms with Crippen molar-refractivity contribution in [2.75, 3.05) is 25.2 Å². The summed E-state index contributed by atoms with van der Waals surface area (Å²) in [5, 5.41) is 13.5. The van der Waals surface area contributed by atoms with Gasteiger partial charge in [-0.25, -0.2) is 4.79 Å². The normalized spacial score (nSPS) is 11.5. The minimum absolute atomic E-state index is 0.245. The monoisotopic (exact) mass is 287 g/mol. The molecule has 0 heterocycles. The Kier molecular flexibility index (Phi) is 9.71. The Hall–Kier alpha value is -1.42. The highest BCUT2D eigenvalue weighted by molar-refractivity contribution is 7.98. The Bertz CT molecular complexity index is 329. The number of nitrogens with zero attached hydrogens (tertiary/aromatic N) is 1. The molecule has 0 spiro atoms. The molecule has 0 radical (unpaired) electrons. The summed E-state index contributed by atoms with van der Waals surface area (Å²) < 4.78 is 4.96. The fourth-order valence-corrected chi connectivity index (χ4v) is 1.71. The van der Waals surface area contributed by atoms with Crippen molar-refractivity contribution in [1.29, 1.82) is 5.26 Å². The highest BCUT2D eigenvalue weighted by Gasteiger charge is 2.20. The lowest BCUT2D eigenvalue weighted by Crippen LogP contribution is -2.48. The first-order valence-electron chi connectivity index (χ1n) is 6.08. The molecule has 0 saturated heterocycles. The molecule has 0 aromatic carbocycles. The van der Waals surface area contributed by atoms with Gasteiger partial charge in [0.1, 0.15) is 6.04 Å². The minimum Gasteiger partial charge on any atom is -0.449 e. The van der Waals surface area contributed by atoms with Crippen molar-refractivity contribution >= 4 is 23.8 Å². The Labute approximate surface area is 118 Å². The zero-order chi connectivity index (χ0) is 14.7. The van der Waals surface area contributed by atoms with Gasteiger partial charge in [-0.2, -0.15) is 17.0 Å². The van der Waals surface area contributed by atoms with Gasteiger partial charge in [0.25, 0.3) is 0 Å². The Morgan fingerprint density at radius 3 is 2.63 bits per heavy atom. The first kappa shape index (κ1) is 17.6. The highest BCUT2D eigenvalue weighted by atomic mass is 32.2. The van der Waals surface area contributed by atoms with Crippen LogP contribution in [0.5, 0.6) is 0 Å². The van der Waals surface area contributed by atoms with E-state index in [2.05, 4.69) is 10.6 Å². The van der Waals surface area contributed by atoms with Crippen LogP contribution in [0.2, 0.25) is 0 Å². The van der Waals surface area contributed by atoms with Crippen LogP contribution in [0.3, 0.4) is 0 Å². The van der Waals surface area contributed by atoms with Gasteiger partial charge in [-0.05, 0) is 12.2 Å². The van der Waals surface area contributed by atoms with E-state index in [9.17, 15) is 9.59 Å². The van der Waals surface area contributed by atoms with E-state index in [4.69, 9.17) is 10.00 Å². The molecule has 0 aliphatic heterocycles. The largest absolute Gasteiger partial charge is 0.449 e. The van der Waals surface area contributed by atoms with Crippen molar-refractivity contribution in [3.05, 3.63) is 0 Å². The van der Waals surface area contributed by atoms with Crippen molar-refractivity contribution in [3.63, 3.8) is 0 Å². The molecule has 0 bridgehead atoms. The molecule has 6 nitrogen and oxygen atoms in total. The molecule has 108 valence electrons. The van der Waals surface area contributed by atoms with Gasteiger partial charge in [-0.1, -0.05) is 13.8 Å². The lowest BCUT2D eigenvalue weighted by Gasteiger charge is -2.17. The molecule has 0 aliphatic carbocycles. The van der Waals surface area contributed by atoms with Crippen molar-refractivity contribution in [2.24, 2.45) is 5.92 Å². The smallest absolute Gasteiger partial charge is 0.407 e. The van der Waals surface area contributed by atoms with Crippen LogP contribution in [0.15, 0.2) is 0 Å². The lowest BCUT2D eigenvalue weighted by molar-refractivity contribution is -0.122. The molecular formula is C12H21N3O3S. The van der Waals surface area contributed by atoms with Crippen LogP contribution in [-0.2, 0) is 9.53 Å². The zero-order valence-electron chi connectivity index (χ0n) is 11.6. The standard InChI is InChI=1S/C12H21N3O3S/c1-9(2)7-18-12(17)15-10(8-19-3)11(16)14-6-4-5-13/h9-10H,4,6-8H2,1-3H3,(H,14,16)(H,15,17). The SMILES string of the molecule is CSCC(NC(=O)OCC(C)C)C(=O)NCCC#N. The van der Waals surface area contributed by atoms with Crippen LogP contribution < -0.4 is 10.6 Å². The van der Waals surface area contributed by atoms with Crippen molar-refractivity contribution in [3.8, 4) is 6.07 Å². The van der Waals surface area contributed by atoms with Crippen molar-refractivity contribution < 1.29 is 14.3 Å². The van der Waals surface area contributed by atoms with Gasteiger partial charge >= 0.3 is 6.09 Å². The average Bonchev–Trinajstić information content (AvgIpc) is 2.36. The fraction of sp³-hybridized carbons (Fsp3) is 0.750. The Morgan fingerprint density at radius 1 is 1.42 bits per heavy atom. The molecule has 2 N–H and O–H groups in total. The maximum Gasteiger partial charge on any atom is 0.407 e. The number of carbonyl (C=O) groups excluding carboxylic acids is 2. The van der Waals surface area contributed by atoms with E-state index in [1.54, 1.807) is 0 Å². The van der Waals surface area contributed by atoms with E-state index in [0.29, 0.717) is 12.4 Å². The van der Waals surface area contributed by atoms with Crippen LogP contribution in [0, 0.1) is 17.2 Å². The first-order valence-corrected chi connectivity index (χ1v) is 7.47. The molecule has 0 aromatic heterocycles. The Balaban J connectivity index is 4.19. The second-order valence-electron chi connectivity index (χ2n) is 4.34. The van der Waals surface area contributed by atoms with E-state index < -0.39 is 12.1 Å². The van der Waals surface area contributed by atoms with Crippen LogP contribution in [0.1, 0.15) is 20.3 Å². The summed E-state index contributed by atoms with van der Waals surface area (Å²) in [5.74, 6) is 0.398. The van der Waals surface area contributed by atoms with Crippen molar-refractivity contribution in [1.82, 2.24) is 10.6 Å². The van der Waals surface area contributed by atoms with E-state index in [0.717, 1.165) is 0 Å². The van der Waals surface area contributed by atoms with Gasteiger partial charge in [-0.15, -0.1) is 0 Å². The van der Waals surface area contributed by atoms with E-state index in [1.165, 1.54) is 11.8 Å². The maximum atomic E-state index is 11.8. The average molecular weight is 287 g/mol. The molecule has 7 heteroatoms. The maximum absolute atomic E-state index is 11.8. The van der Waals surface area contributed by atoms with Gasteiger partial charge in [0.15, 0.2) is 0 Å². The quantitative estimate of drug-likeness (QED) is 0.653. The summed E-state index contributed by atoms with van der Waals surface area (Å²) in [5.41, 5.74) is 0. The summed E-state index contributed by atoms with van der Waals surface area (Å²) in [4.78, 5) is 23.3. The number of hydrogen-bond acceptors (Lipinski definition) is 5. The molecular weight excluding hydrogens is 266 g/mol. The number of alkyl carbamates (subject to hydrolysis) is 1. The molecule has 1 unspecified atom stereocenters. The first-order chi connectivity index (χ1) is 9.01. The van der Waals surface area contributed by atoms with Crippen LogP contribution in [0.4, 0.5) is 4.79 Å². The summed E-state index contributed by atoms with van der Waals surface area (Å²) in [6.07, 6.45) is 1.50. The van der Waals surface area contributed by atoms with Gasteiger partial charge < -0.3 is 15.4 Å². The number of thioether (sulfide) groups is 1. The lowest BCUT2D eigenvalue weighted by atomic mass is 10.2. The molecule has 0 fully saturated rings. The Morgan fingerprint density at radius 2 is 2.11 bits per heavy atom. The van der Waals surface area contributed by atoms with E-state index in [-0.39, 0.29) is 24.8 Å². The predicted molar refractivity (Wildman–Crippen MR) is 74.7 cm³/mol. The molecule has 0 rings (SSSR count). The summed E-state index contributed by atoms with van der Waals surface area (Å²) in [6.45, 7) is 4.46. The number of nitrogens with one attached hydrogen (secondary N) is 2. The third kappa shape index (κ3) is 9.19. The number of nitriles is 1. The highest BCUT2D eigenvalue weighted by Crippen LogP contribution is 1.99. The van der Waals surface area contributed by atoms with Gasteiger partial charge in [-0.3, -0.25) is 4.79 Å². The molecule has 2 amide bonds. The second kappa shape index (κ2) is 10.5. The van der Waals surface area contributed by atoms with Crippen LogP contribution >= 0.6 is 11.8 Å². The number of carbonyl (C=O) groups is 2. The number of ether oxygens (including phenoxy) is 1. The topological polar surface area (TPSA) is 91.2 Å². The second-order valence-corrected chi connectivity index (χ2v) is 5.25. The van der Waals surface area contributed by atoms with Crippen molar-refractivity contribution in [2.45, 2.75) is 26.3 Å². The fourth-order valence-electron chi connectivity index (χ4n) is 1.14. The van der Waals surface area contributed by atoms with Crippen LogP contribution in [0.25, 0.3) is 0 Å². The van der Waals surface area contributed by atoms with Gasteiger partial charge in [0, 0.05) is 12.3 Å². The van der Waals surface area contributed by atoms with E-state index in [1.807, 2.05) is 26.2 Å². The molecule has 0 aromatic rings.